The number of carbonyl (C=O) groups excluding carboxylic acids is 1. The Kier molecular flexibility index (Phi) is 7.92. The van der Waals surface area contributed by atoms with Crippen molar-refractivity contribution in [2.45, 2.75) is 26.8 Å². The summed E-state index contributed by atoms with van der Waals surface area (Å²) in [5.41, 5.74) is 1.25. The highest BCUT2D eigenvalue weighted by Crippen LogP contribution is 2.19. The number of nitrogens with one attached hydrogen (secondary N) is 2. The molecule has 0 aliphatic heterocycles. The lowest BCUT2D eigenvalue weighted by molar-refractivity contribution is -0.120. The highest BCUT2D eigenvalue weighted by atomic mass is 16.1. The van der Waals surface area contributed by atoms with E-state index in [2.05, 4.69) is 41.5 Å². The van der Waals surface area contributed by atoms with Gasteiger partial charge in [-0.25, -0.2) is 0 Å². The van der Waals surface area contributed by atoms with Gasteiger partial charge in [0.05, 0.1) is 12.6 Å². The number of rotatable bonds is 9. The summed E-state index contributed by atoms with van der Waals surface area (Å²) in [4.78, 5) is 14.1. The van der Waals surface area contributed by atoms with E-state index in [-0.39, 0.29) is 11.9 Å². The second kappa shape index (κ2) is 9.50. The van der Waals surface area contributed by atoms with Gasteiger partial charge in [-0.15, -0.1) is 0 Å². The van der Waals surface area contributed by atoms with Crippen molar-refractivity contribution in [1.29, 1.82) is 0 Å². The Hall–Kier alpha value is -1.39. The fourth-order valence-electron chi connectivity index (χ4n) is 2.31. The van der Waals surface area contributed by atoms with Crippen molar-refractivity contribution in [3.05, 3.63) is 35.9 Å². The standard InChI is InChI=1S/C16H27N3O/c1-4-17-13-16(20)18-12-15(19(5-2)6-3)14-10-8-7-9-11-14/h7-11,15,17H,4-6,12-13H2,1-3H3,(H,18,20). The molecule has 1 atom stereocenters. The summed E-state index contributed by atoms with van der Waals surface area (Å²) in [7, 11) is 0. The zero-order chi connectivity index (χ0) is 14.8. The molecule has 1 amide bonds. The predicted molar refractivity (Wildman–Crippen MR) is 83.7 cm³/mol. The quantitative estimate of drug-likeness (QED) is 0.723. The maximum Gasteiger partial charge on any atom is 0.234 e. The molecule has 4 nitrogen and oxygen atoms in total. The van der Waals surface area contributed by atoms with Crippen molar-refractivity contribution in [2.75, 3.05) is 32.7 Å². The molecule has 0 saturated carbocycles. The normalized spacial score (nSPS) is 12.4. The van der Waals surface area contributed by atoms with Crippen LogP contribution in [-0.2, 0) is 4.79 Å². The summed E-state index contributed by atoms with van der Waals surface area (Å²) < 4.78 is 0. The molecule has 0 saturated heterocycles. The lowest BCUT2D eigenvalue weighted by Gasteiger charge is -2.30. The number of hydrogen-bond donors (Lipinski definition) is 2. The van der Waals surface area contributed by atoms with Gasteiger partial charge in [-0.05, 0) is 25.2 Å². The third kappa shape index (κ3) is 5.31. The van der Waals surface area contributed by atoms with Crippen molar-refractivity contribution >= 4 is 5.91 Å². The highest BCUT2D eigenvalue weighted by Gasteiger charge is 2.18. The number of hydrogen-bond acceptors (Lipinski definition) is 3. The van der Waals surface area contributed by atoms with Crippen molar-refractivity contribution in [3.8, 4) is 0 Å². The molecule has 1 aromatic carbocycles. The molecule has 0 spiro atoms. The summed E-state index contributed by atoms with van der Waals surface area (Å²) >= 11 is 0. The Morgan fingerprint density at radius 3 is 2.35 bits per heavy atom. The summed E-state index contributed by atoms with van der Waals surface area (Å²) in [6.07, 6.45) is 0. The van der Waals surface area contributed by atoms with Crippen molar-refractivity contribution in [2.24, 2.45) is 0 Å². The van der Waals surface area contributed by atoms with Crippen LogP contribution in [0.4, 0.5) is 0 Å². The van der Waals surface area contributed by atoms with E-state index in [9.17, 15) is 4.79 Å². The van der Waals surface area contributed by atoms with Crippen LogP contribution in [0.3, 0.4) is 0 Å². The average Bonchev–Trinajstić information content (AvgIpc) is 2.50. The lowest BCUT2D eigenvalue weighted by Crippen LogP contribution is -2.41. The molecule has 1 unspecified atom stereocenters. The number of nitrogens with zero attached hydrogens (tertiary/aromatic N) is 1. The minimum Gasteiger partial charge on any atom is -0.353 e. The molecular formula is C16H27N3O. The van der Waals surface area contributed by atoms with E-state index in [0.29, 0.717) is 13.1 Å². The van der Waals surface area contributed by atoms with Crippen LogP contribution in [0, 0.1) is 0 Å². The molecule has 0 aliphatic carbocycles. The summed E-state index contributed by atoms with van der Waals surface area (Å²) in [6.45, 7) is 10.1. The second-order valence-corrected chi connectivity index (χ2v) is 4.73. The molecule has 0 heterocycles. The molecule has 0 aliphatic rings. The van der Waals surface area contributed by atoms with Gasteiger partial charge in [0.25, 0.3) is 0 Å². The summed E-state index contributed by atoms with van der Waals surface area (Å²) in [5.74, 6) is 0.0555. The fourth-order valence-corrected chi connectivity index (χ4v) is 2.31. The number of carbonyl (C=O) groups is 1. The second-order valence-electron chi connectivity index (χ2n) is 4.73. The molecule has 4 heteroatoms. The first-order chi connectivity index (χ1) is 9.72. The summed E-state index contributed by atoms with van der Waals surface area (Å²) in [6, 6.07) is 10.6. The molecule has 1 rings (SSSR count). The Labute approximate surface area is 122 Å². The first-order valence-corrected chi connectivity index (χ1v) is 7.49. The van der Waals surface area contributed by atoms with Gasteiger partial charge in [0, 0.05) is 6.54 Å². The molecule has 0 bridgehead atoms. The van der Waals surface area contributed by atoms with Crippen molar-refractivity contribution in [3.63, 3.8) is 0 Å². The van der Waals surface area contributed by atoms with Gasteiger partial charge in [0.1, 0.15) is 0 Å². The first-order valence-electron chi connectivity index (χ1n) is 7.49. The van der Waals surface area contributed by atoms with Crippen LogP contribution in [0.15, 0.2) is 30.3 Å². The van der Waals surface area contributed by atoms with Gasteiger partial charge in [-0.3, -0.25) is 9.69 Å². The average molecular weight is 277 g/mol. The van der Waals surface area contributed by atoms with Gasteiger partial charge in [0.15, 0.2) is 0 Å². The van der Waals surface area contributed by atoms with Crippen LogP contribution in [0.1, 0.15) is 32.4 Å². The Balaban J connectivity index is 2.66. The zero-order valence-corrected chi connectivity index (χ0v) is 12.9. The predicted octanol–water partition coefficient (Wildman–Crippen LogP) is 1.80. The largest absolute Gasteiger partial charge is 0.353 e. The molecule has 112 valence electrons. The van der Waals surface area contributed by atoms with Crippen LogP contribution < -0.4 is 10.6 Å². The zero-order valence-electron chi connectivity index (χ0n) is 12.9. The highest BCUT2D eigenvalue weighted by molar-refractivity contribution is 5.78. The van der Waals surface area contributed by atoms with Gasteiger partial charge in [-0.1, -0.05) is 51.1 Å². The maximum absolute atomic E-state index is 11.7. The van der Waals surface area contributed by atoms with E-state index in [1.54, 1.807) is 0 Å². The molecule has 1 aromatic rings. The topological polar surface area (TPSA) is 44.4 Å². The SMILES string of the molecule is CCNCC(=O)NCC(c1ccccc1)N(CC)CC. The third-order valence-corrected chi connectivity index (χ3v) is 3.47. The third-order valence-electron chi connectivity index (χ3n) is 3.47. The van der Waals surface area contributed by atoms with E-state index in [4.69, 9.17) is 0 Å². The van der Waals surface area contributed by atoms with Gasteiger partial charge >= 0.3 is 0 Å². The minimum atomic E-state index is 0.0555. The molecule has 20 heavy (non-hydrogen) atoms. The first kappa shape index (κ1) is 16.7. The smallest absolute Gasteiger partial charge is 0.234 e. The van der Waals surface area contributed by atoms with E-state index < -0.39 is 0 Å². The van der Waals surface area contributed by atoms with Gasteiger partial charge in [-0.2, -0.15) is 0 Å². The van der Waals surface area contributed by atoms with Crippen LogP contribution in [0.25, 0.3) is 0 Å². The number of benzene rings is 1. The molecule has 0 fully saturated rings. The lowest BCUT2D eigenvalue weighted by atomic mass is 10.1. The van der Waals surface area contributed by atoms with Crippen molar-refractivity contribution in [1.82, 2.24) is 15.5 Å². The van der Waals surface area contributed by atoms with E-state index in [1.807, 2.05) is 25.1 Å². The Bertz CT molecular complexity index is 377. The van der Waals surface area contributed by atoms with Crippen LogP contribution in [-0.4, -0.2) is 43.5 Å². The van der Waals surface area contributed by atoms with E-state index >= 15 is 0 Å². The van der Waals surface area contributed by atoms with Crippen molar-refractivity contribution < 1.29 is 4.79 Å². The molecule has 2 N–H and O–H groups in total. The summed E-state index contributed by atoms with van der Waals surface area (Å²) in [5, 5.41) is 6.07. The molecule has 0 radical (unpaired) electrons. The fraction of sp³-hybridized carbons (Fsp3) is 0.562. The Morgan fingerprint density at radius 2 is 1.80 bits per heavy atom. The maximum atomic E-state index is 11.7. The Morgan fingerprint density at radius 1 is 1.15 bits per heavy atom. The van der Waals surface area contributed by atoms with Crippen LogP contribution in [0.2, 0.25) is 0 Å². The number of likely N-dealkylation sites (N-methyl/N-ethyl adjacent to an activating group) is 2. The van der Waals surface area contributed by atoms with Gasteiger partial charge in [0.2, 0.25) is 5.91 Å². The van der Waals surface area contributed by atoms with E-state index in [0.717, 1.165) is 19.6 Å². The van der Waals surface area contributed by atoms with Crippen LogP contribution >= 0.6 is 0 Å². The number of amides is 1. The van der Waals surface area contributed by atoms with Gasteiger partial charge < -0.3 is 10.6 Å². The molecular weight excluding hydrogens is 250 g/mol. The van der Waals surface area contributed by atoms with Crippen LogP contribution in [0.5, 0.6) is 0 Å². The molecule has 0 aromatic heterocycles. The van der Waals surface area contributed by atoms with E-state index in [1.165, 1.54) is 5.56 Å². The monoisotopic (exact) mass is 277 g/mol. The minimum absolute atomic E-state index is 0.0555.